The van der Waals surface area contributed by atoms with E-state index in [1.807, 2.05) is 0 Å². The van der Waals surface area contributed by atoms with Gasteiger partial charge in [-0.2, -0.15) is 5.26 Å². The molecule has 0 aliphatic heterocycles. The molecule has 1 aliphatic carbocycles. The fourth-order valence-electron chi connectivity index (χ4n) is 2.46. The highest BCUT2D eigenvalue weighted by atomic mass is 19.1. The van der Waals surface area contributed by atoms with E-state index >= 15 is 0 Å². The number of esters is 1. The SMILES string of the molecule is COC(=O)C1=C(O)CCC(C#N)(c2ccc(F)cc2)C1. The van der Waals surface area contributed by atoms with Gasteiger partial charge in [0, 0.05) is 12.8 Å². The summed E-state index contributed by atoms with van der Waals surface area (Å²) in [6.07, 6.45) is 0.657. The van der Waals surface area contributed by atoms with Gasteiger partial charge in [0.2, 0.25) is 0 Å². The Hall–Kier alpha value is -2.35. The number of rotatable bonds is 2. The molecule has 0 radical (unpaired) electrons. The molecular weight excluding hydrogens is 261 g/mol. The number of aliphatic hydroxyl groups is 1. The third-order valence-electron chi connectivity index (χ3n) is 3.66. The molecule has 104 valence electrons. The Morgan fingerprint density at radius 2 is 2.10 bits per heavy atom. The largest absolute Gasteiger partial charge is 0.512 e. The summed E-state index contributed by atoms with van der Waals surface area (Å²) < 4.78 is 17.6. The van der Waals surface area contributed by atoms with E-state index < -0.39 is 11.4 Å². The topological polar surface area (TPSA) is 70.3 Å². The van der Waals surface area contributed by atoms with Crippen molar-refractivity contribution in [3.05, 3.63) is 47.0 Å². The number of methoxy groups -OCH3 is 1. The zero-order valence-corrected chi connectivity index (χ0v) is 11.0. The standard InChI is InChI=1S/C15H14FNO3/c1-20-14(19)12-8-15(9-17,7-6-13(12)18)10-2-4-11(16)5-3-10/h2-5,18H,6-8H2,1H3. The van der Waals surface area contributed by atoms with Crippen molar-refractivity contribution in [2.45, 2.75) is 24.7 Å². The van der Waals surface area contributed by atoms with E-state index in [0.29, 0.717) is 12.0 Å². The van der Waals surface area contributed by atoms with Crippen LogP contribution in [-0.4, -0.2) is 18.2 Å². The number of carbonyl (C=O) groups is 1. The van der Waals surface area contributed by atoms with Gasteiger partial charge in [-0.3, -0.25) is 0 Å². The predicted octanol–water partition coefficient (Wildman–Crippen LogP) is 2.76. The summed E-state index contributed by atoms with van der Waals surface area (Å²) in [4.78, 5) is 11.7. The van der Waals surface area contributed by atoms with E-state index in [-0.39, 0.29) is 30.0 Å². The second kappa shape index (κ2) is 5.33. The van der Waals surface area contributed by atoms with Gasteiger partial charge in [-0.25, -0.2) is 9.18 Å². The number of benzene rings is 1. The molecule has 4 nitrogen and oxygen atoms in total. The molecular formula is C15H14FNO3. The average molecular weight is 275 g/mol. The third-order valence-corrected chi connectivity index (χ3v) is 3.66. The third kappa shape index (κ3) is 2.37. The molecule has 0 heterocycles. The van der Waals surface area contributed by atoms with Crippen molar-refractivity contribution in [2.75, 3.05) is 7.11 Å². The smallest absolute Gasteiger partial charge is 0.337 e. The van der Waals surface area contributed by atoms with Crippen LogP contribution in [0.3, 0.4) is 0 Å². The van der Waals surface area contributed by atoms with Crippen LogP contribution >= 0.6 is 0 Å². The zero-order chi connectivity index (χ0) is 14.8. The van der Waals surface area contributed by atoms with Gasteiger partial charge in [0.05, 0.1) is 24.2 Å². The number of halogens is 1. The van der Waals surface area contributed by atoms with E-state index in [4.69, 9.17) is 0 Å². The van der Waals surface area contributed by atoms with Crippen LogP contribution in [0.2, 0.25) is 0 Å². The van der Waals surface area contributed by atoms with Crippen molar-refractivity contribution in [3.8, 4) is 6.07 Å². The molecule has 0 saturated carbocycles. The summed E-state index contributed by atoms with van der Waals surface area (Å²) in [6, 6.07) is 7.85. The number of allylic oxidation sites excluding steroid dienone is 1. The molecule has 5 heteroatoms. The molecule has 20 heavy (non-hydrogen) atoms. The number of hydrogen-bond acceptors (Lipinski definition) is 4. The Kier molecular flexibility index (Phi) is 3.75. The van der Waals surface area contributed by atoms with E-state index in [2.05, 4.69) is 10.8 Å². The quantitative estimate of drug-likeness (QED) is 0.842. The second-order valence-electron chi connectivity index (χ2n) is 4.79. The Morgan fingerprint density at radius 3 is 2.65 bits per heavy atom. The van der Waals surface area contributed by atoms with E-state index in [9.17, 15) is 19.6 Å². The molecule has 0 spiro atoms. The van der Waals surface area contributed by atoms with Crippen molar-refractivity contribution in [2.24, 2.45) is 0 Å². The van der Waals surface area contributed by atoms with Crippen LogP contribution in [0.5, 0.6) is 0 Å². The summed E-state index contributed by atoms with van der Waals surface area (Å²) in [5.74, 6) is -1.06. The zero-order valence-electron chi connectivity index (χ0n) is 11.0. The van der Waals surface area contributed by atoms with Gasteiger partial charge in [0.25, 0.3) is 0 Å². The molecule has 1 aliphatic rings. The average Bonchev–Trinajstić information content (AvgIpc) is 2.48. The lowest BCUT2D eigenvalue weighted by molar-refractivity contribution is -0.136. The van der Waals surface area contributed by atoms with Gasteiger partial charge in [-0.1, -0.05) is 12.1 Å². The van der Waals surface area contributed by atoms with Crippen LogP contribution in [0.15, 0.2) is 35.6 Å². The van der Waals surface area contributed by atoms with E-state index in [1.54, 1.807) is 0 Å². The summed E-state index contributed by atoms with van der Waals surface area (Å²) in [5, 5.41) is 19.3. The minimum absolute atomic E-state index is 0.0372. The lowest BCUT2D eigenvalue weighted by atomic mass is 9.70. The van der Waals surface area contributed by atoms with Gasteiger partial charge in [-0.15, -0.1) is 0 Å². The molecule has 1 N–H and O–H groups in total. The molecule has 1 aromatic carbocycles. The summed E-state index contributed by atoms with van der Waals surface area (Å²) >= 11 is 0. The molecule has 0 bridgehead atoms. The molecule has 0 amide bonds. The van der Waals surface area contributed by atoms with Crippen LogP contribution in [0.25, 0.3) is 0 Å². The molecule has 2 rings (SSSR count). The Bertz CT molecular complexity index is 601. The van der Waals surface area contributed by atoms with Gasteiger partial charge in [-0.05, 0) is 24.1 Å². The highest BCUT2D eigenvalue weighted by Crippen LogP contribution is 2.41. The highest BCUT2D eigenvalue weighted by Gasteiger charge is 2.40. The molecule has 0 saturated heterocycles. The Balaban J connectivity index is 2.42. The molecule has 0 fully saturated rings. The molecule has 0 aromatic heterocycles. The maximum absolute atomic E-state index is 13.0. The maximum Gasteiger partial charge on any atom is 0.337 e. The summed E-state index contributed by atoms with van der Waals surface area (Å²) in [6.45, 7) is 0. The van der Waals surface area contributed by atoms with Crippen LogP contribution < -0.4 is 0 Å². The normalized spacial score (nSPS) is 22.2. The van der Waals surface area contributed by atoms with Gasteiger partial charge >= 0.3 is 5.97 Å². The number of nitriles is 1. The fraction of sp³-hybridized carbons (Fsp3) is 0.333. The first kappa shape index (κ1) is 14.1. The van der Waals surface area contributed by atoms with Gasteiger partial charge in [0.15, 0.2) is 0 Å². The van der Waals surface area contributed by atoms with Crippen LogP contribution in [-0.2, 0) is 14.9 Å². The van der Waals surface area contributed by atoms with Crippen molar-refractivity contribution in [3.63, 3.8) is 0 Å². The Morgan fingerprint density at radius 1 is 1.45 bits per heavy atom. The van der Waals surface area contributed by atoms with E-state index in [1.165, 1.54) is 31.4 Å². The highest BCUT2D eigenvalue weighted by molar-refractivity contribution is 5.89. The van der Waals surface area contributed by atoms with Crippen LogP contribution in [0, 0.1) is 17.1 Å². The van der Waals surface area contributed by atoms with E-state index in [0.717, 1.165) is 0 Å². The summed E-state index contributed by atoms with van der Waals surface area (Å²) in [5.41, 5.74) is -0.191. The molecule has 1 unspecified atom stereocenters. The first-order valence-electron chi connectivity index (χ1n) is 6.19. The lowest BCUT2D eigenvalue weighted by Crippen LogP contribution is -2.31. The first-order valence-corrected chi connectivity index (χ1v) is 6.19. The maximum atomic E-state index is 13.0. The number of nitrogens with zero attached hydrogens (tertiary/aromatic N) is 1. The number of carbonyl (C=O) groups excluding carboxylic acids is 1. The van der Waals surface area contributed by atoms with Crippen molar-refractivity contribution < 1.29 is 19.0 Å². The van der Waals surface area contributed by atoms with Crippen molar-refractivity contribution in [1.82, 2.24) is 0 Å². The number of ether oxygens (including phenoxy) is 1. The molecule has 1 atom stereocenters. The number of hydrogen-bond donors (Lipinski definition) is 1. The monoisotopic (exact) mass is 275 g/mol. The van der Waals surface area contributed by atoms with Crippen molar-refractivity contribution in [1.29, 1.82) is 5.26 Å². The minimum atomic E-state index is -0.941. The minimum Gasteiger partial charge on any atom is -0.512 e. The van der Waals surface area contributed by atoms with Gasteiger partial charge in [0.1, 0.15) is 11.6 Å². The lowest BCUT2D eigenvalue weighted by Gasteiger charge is -2.31. The number of aliphatic hydroxyl groups excluding tert-OH is 1. The fourth-order valence-corrected chi connectivity index (χ4v) is 2.46. The predicted molar refractivity (Wildman–Crippen MR) is 69.2 cm³/mol. The Labute approximate surface area is 116 Å². The van der Waals surface area contributed by atoms with Crippen molar-refractivity contribution >= 4 is 5.97 Å². The van der Waals surface area contributed by atoms with Crippen LogP contribution in [0.4, 0.5) is 4.39 Å². The summed E-state index contributed by atoms with van der Waals surface area (Å²) in [7, 11) is 1.23. The second-order valence-corrected chi connectivity index (χ2v) is 4.79. The van der Waals surface area contributed by atoms with Gasteiger partial charge < -0.3 is 9.84 Å². The van der Waals surface area contributed by atoms with Crippen LogP contribution in [0.1, 0.15) is 24.8 Å². The first-order chi connectivity index (χ1) is 9.52. The molecule has 1 aromatic rings.